The van der Waals surface area contributed by atoms with Crippen molar-refractivity contribution in [2.45, 2.75) is 27.3 Å². The number of nitrogens with zero attached hydrogens (tertiary/aromatic N) is 1. The highest BCUT2D eigenvalue weighted by Crippen LogP contribution is 2.32. The van der Waals surface area contributed by atoms with Gasteiger partial charge in [0.15, 0.2) is 12.2 Å². The van der Waals surface area contributed by atoms with Gasteiger partial charge in [-0.25, -0.2) is 4.98 Å². The summed E-state index contributed by atoms with van der Waals surface area (Å²) in [6.45, 7) is 8.03. The average Bonchev–Trinajstić information content (AvgIpc) is 2.83. The molecule has 0 unspecified atom stereocenters. The summed E-state index contributed by atoms with van der Waals surface area (Å²) in [6, 6.07) is 2.16. The maximum Gasteiger partial charge on any atom is 0.181 e. The molecule has 0 spiro atoms. The quantitative estimate of drug-likeness (QED) is 0.886. The molecule has 0 aliphatic carbocycles. The zero-order valence-electron chi connectivity index (χ0n) is 9.83. The lowest BCUT2D eigenvalue weighted by molar-refractivity contribution is 0.571. The highest BCUT2D eigenvalue weighted by Gasteiger charge is 2.13. The second kappa shape index (κ2) is 4.80. The van der Waals surface area contributed by atoms with Crippen LogP contribution in [0, 0.1) is 13.8 Å². The van der Waals surface area contributed by atoms with Crippen LogP contribution in [0.4, 0.5) is 0 Å². The summed E-state index contributed by atoms with van der Waals surface area (Å²) in [5.74, 6) is 0.905. The number of aryl methyl sites for hydroxylation is 2. The molecule has 0 bridgehead atoms. The van der Waals surface area contributed by atoms with E-state index in [-0.39, 0.29) is 0 Å². The number of thiophene rings is 1. The second-order valence-electron chi connectivity index (χ2n) is 3.76. The Kier molecular flexibility index (Phi) is 3.41. The minimum absolute atomic E-state index is 0.762. The van der Waals surface area contributed by atoms with Crippen molar-refractivity contribution in [1.29, 1.82) is 0 Å². The molecule has 0 radical (unpaired) electrons. The van der Waals surface area contributed by atoms with Crippen molar-refractivity contribution in [1.82, 2.24) is 10.3 Å². The van der Waals surface area contributed by atoms with Crippen LogP contribution in [0.5, 0.6) is 0 Å². The summed E-state index contributed by atoms with van der Waals surface area (Å²) in [5.41, 5.74) is 2.30. The fourth-order valence-electron chi connectivity index (χ4n) is 1.52. The van der Waals surface area contributed by atoms with E-state index in [9.17, 15) is 0 Å². The van der Waals surface area contributed by atoms with E-state index in [4.69, 9.17) is 4.42 Å². The molecule has 0 aromatic carbocycles. The summed E-state index contributed by atoms with van der Waals surface area (Å²) < 4.78 is 5.48. The third-order valence-corrected chi connectivity index (χ3v) is 3.72. The fourth-order valence-corrected chi connectivity index (χ4v) is 2.57. The zero-order valence-corrected chi connectivity index (χ0v) is 10.6. The number of oxazole rings is 1. The molecule has 3 nitrogen and oxygen atoms in total. The van der Waals surface area contributed by atoms with Crippen molar-refractivity contribution < 1.29 is 4.42 Å². The van der Waals surface area contributed by atoms with Crippen molar-refractivity contribution in [2.75, 3.05) is 6.54 Å². The van der Waals surface area contributed by atoms with Gasteiger partial charge in [-0.05, 0) is 32.0 Å². The Morgan fingerprint density at radius 2 is 2.25 bits per heavy atom. The van der Waals surface area contributed by atoms with Crippen LogP contribution < -0.4 is 5.32 Å². The van der Waals surface area contributed by atoms with E-state index in [1.54, 1.807) is 11.3 Å². The Labute approximate surface area is 99.5 Å². The first-order valence-electron chi connectivity index (χ1n) is 5.42. The second-order valence-corrected chi connectivity index (χ2v) is 5.01. The third-order valence-electron chi connectivity index (χ3n) is 2.57. The Morgan fingerprint density at radius 1 is 1.44 bits per heavy atom. The smallest absolute Gasteiger partial charge is 0.181 e. The van der Waals surface area contributed by atoms with Gasteiger partial charge in [0.2, 0.25) is 0 Å². The van der Waals surface area contributed by atoms with Crippen molar-refractivity contribution >= 4 is 11.3 Å². The molecule has 0 aliphatic rings. The Morgan fingerprint density at radius 3 is 2.88 bits per heavy atom. The highest BCUT2D eigenvalue weighted by molar-refractivity contribution is 7.15. The molecule has 0 fully saturated rings. The third kappa shape index (κ3) is 2.18. The molecule has 0 amide bonds. The van der Waals surface area contributed by atoms with Crippen LogP contribution in [-0.2, 0) is 6.54 Å². The molecule has 2 aromatic heterocycles. The molecule has 0 atom stereocenters. The van der Waals surface area contributed by atoms with Crippen LogP contribution >= 0.6 is 11.3 Å². The van der Waals surface area contributed by atoms with Gasteiger partial charge in [-0.1, -0.05) is 6.92 Å². The van der Waals surface area contributed by atoms with Gasteiger partial charge in [0.05, 0.1) is 4.88 Å². The molecular formula is C12H16N2OS. The van der Waals surface area contributed by atoms with Gasteiger partial charge in [0, 0.05) is 11.4 Å². The van der Waals surface area contributed by atoms with Gasteiger partial charge in [-0.15, -0.1) is 11.3 Å². The van der Waals surface area contributed by atoms with E-state index in [1.165, 1.54) is 21.7 Å². The van der Waals surface area contributed by atoms with Gasteiger partial charge in [-0.3, -0.25) is 0 Å². The van der Waals surface area contributed by atoms with Gasteiger partial charge in [-0.2, -0.15) is 0 Å². The molecule has 2 rings (SSSR count). The van der Waals surface area contributed by atoms with Crippen molar-refractivity contribution in [3.63, 3.8) is 0 Å². The highest BCUT2D eigenvalue weighted by atomic mass is 32.1. The Bertz CT molecular complexity index is 454. The normalized spacial score (nSPS) is 10.9. The molecule has 2 aromatic rings. The van der Waals surface area contributed by atoms with Crippen LogP contribution in [0.25, 0.3) is 10.6 Å². The number of aromatic nitrogens is 1. The van der Waals surface area contributed by atoms with Gasteiger partial charge < -0.3 is 9.73 Å². The van der Waals surface area contributed by atoms with Gasteiger partial charge in [0.1, 0.15) is 5.69 Å². The van der Waals surface area contributed by atoms with E-state index in [0.29, 0.717) is 0 Å². The van der Waals surface area contributed by atoms with Crippen LogP contribution in [0.2, 0.25) is 0 Å². The number of hydrogen-bond acceptors (Lipinski definition) is 4. The number of nitrogens with one attached hydrogen (secondary N) is 1. The van der Waals surface area contributed by atoms with E-state index < -0.39 is 0 Å². The first-order chi connectivity index (χ1) is 7.72. The van der Waals surface area contributed by atoms with Crippen LogP contribution in [0.15, 0.2) is 16.9 Å². The first kappa shape index (κ1) is 11.4. The van der Waals surface area contributed by atoms with Crippen LogP contribution in [0.3, 0.4) is 0 Å². The summed E-state index contributed by atoms with van der Waals surface area (Å²) in [4.78, 5) is 6.75. The number of hydrogen-bond donors (Lipinski definition) is 1. The maximum absolute atomic E-state index is 5.48. The van der Waals surface area contributed by atoms with Crippen molar-refractivity contribution in [2.24, 2.45) is 0 Å². The molecule has 16 heavy (non-hydrogen) atoms. The van der Waals surface area contributed by atoms with E-state index in [1.807, 2.05) is 0 Å². The van der Waals surface area contributed by atoms with Crippen molar-refractivity contribution in [3.05, 3.63) is 28.6 Å². The Balaban J connectivity index is 2.29. The summed E-state index contributed by atoms with van der Waals surface area (Å²) in [7, 11) is 0. The minimum atomic E-state index is 0.762. The zero-order chi connectivity index (χ0) is 11.5. The predicted octanol–water partition coefficient (Wildman–Crippen LogP) is 3.13. The van der Waals surface area contributed by atoms with Crippen molar-refractivity contribution in [3.8, 4) is 10.6 Å². The lowest BCUT2D eigenvalue weighted by Crippen LogP contribution is -2.12. The molecule has 2 heterocycles. The molecule has 4 heteroatoms. The standard InChI is InChI=1S/C12H16N2OS/c1-4-13-6-10-12(15-7-14-10)11-5-8(2)9(3)16-11/h5,7,13H,4,6H2,1-3H3. The molecule has 0 saturated carbocycles. The topological polar surface area (TPSA) is 38.1 Å². The predicted molar refractivity (Wildman–Crippen MR) is 66.7 cm³/mol. The molecular weight excluding hydrogens is 220 g/mol. The Hall–Kier alpha value is -1.13. The van der Waals surface area contributed by atoms with E-state index in [2.05, 4.69) is 37.1 Å². The van der Waals surface area contributed by atoms with Crippen LogP contribution in [-0.4, -0.2) is 11.5 Å². The summed E-state index contributed by atoms with van der Waals surface area (Å²) in [6.07, 6.45) is 1.52. The average molecular weight is 236 g/mol. The summed E-state index contributed by atoms with van der Waals surface area (Å²) >= 11 is 1.76. The SMILES string of the molecule is CCNCc1ncoc1-c1cc(C)c(C)s1. The first-order valence-corrected chi connectivity index (χ1v) is 6.24. The largest absolute Gasteiger partial charge is 0.442 e. The van der Waals surface area contributed by atoms with E-state index >= 15 is 0 Å². The fraction of sp³-hybridized carbons (Fsp3) is 0.417. The van der Waals surface area contributed by atoms with Gasteiger partial charge >= 0.3 is 0 Å². The lowest BCUT2D eigenvalue weighted by atomic mass is 10.2. The minimum Gasteiger partial charge on any atom is -0.442 e. The summed E-state index contributed by atoms with van der Waals surface area (Å²) in [5, 5.41) is 3.26. The molecule has 86 valence electrons. The lowest BCUT2D eigenvalue weighted by Gasteiger charge is -1.99. The monoisotopic (exact) mass is 236 g/mol. The molecule has 1 N–H and O–H groups in total. The van der Waals surface area contributed by atoms with E-state index in [0.717, 1.165) is 24.5 Å². The van der Waals surface area contributed by atoms with Crippen LogP contribution in [0.1, 0.15) is 23.1 Å². The number of rotatable bonds is 4. The maximum atomic E-state index is 5.48. The molecule has 0 saturated heterocycles. The van der Waals surface area contributed by atoms with Gasteiger partial charge in [0.25, 0.3) is 0 Å². The molecule has 0 aliphatic heterocycles.